The Morgan fingerprint density at radius 3 is 2.41 bits per heavy atom. The van der Waals surface area contributed by atoms with Gasteiger partial charge in [-0.3, -0.25) is 0 Å². The summed E-state index contributed by atoms with van der Waals surface area (Å²) in [7, 11) is -3.32. The molecule has 1 rings (SSSR count). The lowest BCUT2D eigenvalue weighted by Crippen LogP contribution is -2.54. The van der Waals surface area contributed by atoms with Crippen molar-refractivity contribution >= 4 is 10.2 Å². The van der Waals surface area contributed by atoms with E-state index in [1.807, 2.05) is 13.8 Å². The van der Waals surface area contributed by atoms with E-state index in [2.05, 4.69) is 6.92 Å². The molecule has 0 aliphatic carbocycles. The Balaban J connectivity index is 2.89. The highest BCUT2D eigenvalue weighted by atomic mass is 32.2. The molecule has 5 nitrogen and oxygen atoms in total. The van der Waals surface area contributed by atoms with Crippen molar-refractivity contribution in [3.8, 4) is 0 Å². The number of hydrogen-bond donors (Lipinski definition) is 1. The molecule has 2 N–H and O–H groups in total. The molecule has 0 aromatic carbocycles. The van der Waals surface area contributed by atoms with Crippen LogP contribution in [0.15, 0.2) is 0 Å². The van der Waals surface area contributed by atoms with E-state index in [0.717, 1.165) is 12.8 Å². The third-order valence-electron chi connectivity index (χ3n) is 3.52. The van der Waals surface area contributed by atoms with E-state index in [0.29, 0.717) is 32.1 Å². The molecule has 0 aromatic rings. The number of piperidine rings is 1. The summed E-state index contributed by atoms with van der Waals surface area (Å²) in [5.41, 5.74) is 5.71. The van der Waals surface area contributed by atoms with Gasteiger partial charge in [-0.2, -0.15) is 17.0 Å². The standard InChI is InChI=1S/C11H25N3O2S/c1-4-13(5-2)17(15,16)14-7-6-10(3)8-11(14)9-12/h10-11H,4-9,12H2,1-3H3. The van der Waals surface area contributed by atoms with Crippen molar-refractivity contribution in [1.82, 2.24) is 8.61 Å². The Labute approximate surface area is 105 Å². The first-order valence-corrected chi connectivity index (χ1v) is 7.84. The minimum Gasteiger partial charge on any atom is -0.329 e. The van der Waals surface area contributed by atoms with Gasteiger partial charge in [0.2, 0.25) is 0 Å². The largest absolute Gasteiger partial charge is 0.329 e. The Kier molecular flexibility index (Phi) is 5.37. The molecule has 1 aliphatic rings. The molecule has 0 saturated carbocycles. The van der Waals surface area contributed by atoms with Crippen LogP contribution in [-0.4, -0.2) is 49.2 Å². The summed E-state index contributed by atoms with van der Waals surface area (Å²) in [5, 5.41) is 0. The van der Waals surface area contributed by atoms with Gasteiger partial charge in [0.25, 0.3) is 10.2 Å². The smallest absolute Gasteiger partial charge is 0.282 e. The lowest BCUT2D eigenvalue weighted by Gasteiger charge is -2.39. The molecule has 2 unspecified atom stereocenters. The molecule has 0 aromatic heterocycles. The van der Waals surface area contributed by atoms with Crippen LogP contribution < -0.4 is 5.73 Å². The summed E-state index contributed by atoms with van der Waals surface area (Å²) in [6.07, 6.45) is 1.80. The Bertz CT molecular complexity index is 328. The van der Waals surface area contributed by atoms with Gasteiger partial charge in [-0.15, -0.1) is 0 Å². The van der Waals surface area contributed by atoms with E-state index in [1.54, 1.807) is 4.31 Å². The van der Waals surface area contributed by atoms with E-state index < -0.39 is 10.2 Å². The zero-order valence-electron chi connectivity index (χ0n) is 11.1. The van der Waals surface area contributed by atoms with Gasteiger partial charge in [-0.05, 0) is 18.8 Å². The maximum absolute atomic E-state index is 12.4. The number of nitrogens with two attached hydrogens (primary N) is 1. The molecule has 1 aliphatic heterocycles. The number of rotatable bonds is 5. The second-order valence-corrected chi connectivity index (χ2v) is 6.60. The van der Waals surface area contributed by atoms with Crippen LogP contribution in [0.4, 0.5) is 0 Å². The van der Waals surface area contributed by atoms with Crippen LogP contribution in [0.1, 0.15) is 33.6 Å². The number of hydrogen-bond acceptors (Lipinski definition) is 3. The van der Waals surface area contributed by atoms with Crippen LogP contribution in [-0.2, 0) is 10.2 Å². The SMILES string of the molecule is CCN(CC)S(=O)(=O)N1CCC(C)CC1CN. The molecule has 1 saturated heterocycles. The summed E-state index contributed by atoms with van der Waals surface area (Å²) in [5.74, 6) is 0.562. The maximum atomic E-state index is 12.4. The van der Waals surface area contributed by atoms with E-state index in [9.17, 15) is 8.42 Å². The second-order valence-electron chi connectivity index (χ2n) is 4.72. The summed E-state index contributed by atoms with van der Waals surface area (Å²) in [4.78, 5) is 0. The lowest BCUT2D eigenvalue weighted by atomic mass is 9.94. The first kappa shape index (κ1) is 14.9. The molecule has 0 amide bonds. The number of nitrogens with zero attached hydrogens (tertiary/aromatic N) is 2. The Morgan fingerprint density at radius 1 is 1.35 bits per heavy atom. The van der Waals surface area contributed by atoms with Gasteiger partial charge in [-0.1, -0.05) is 20.8 Å². The quantitative estimate of drug-likeness (QED) is 0.791. The zero-order valence-corrected chi connectivity index (χ0v) is 11.9. The predicted octanol–water partition coefficient (Wildman–Crippen LogP) is 0.632. The molecule has 0 spiro atoms. The van der Waals surface area contributed by atoms with Crippen LogP contribution in [0.2, 0.25) is 0 Å². The molecule has 0 radical (unpaired) electrons. The summed E-state index contributed by atoms with van der Waals surface area (Å²) in [6, 6.07) is -0.0376. The third-order valence-corrected chi connectivity index (χ3v) is 5.77. The van der Waals surface area contributed by atoms with Gasteiger partial charge >= 0.3 is 0 Å². The predicted molar refractivity (Wildman–Crippen MR) is 69.8 cm³/mol. The molecule has 0 bridgehead atoms. The van der Waals surface area contributed by atoms with Gasteiger partial charge in [-0.25, -0.2) is 0 Å². The van der Waals surface area contributed by atoms with Crippen molar-refractivity contribution in [1.29, 1.82) is 0 Å². The van der Waals surface area contributed by atoms with E-state index in [1.165, 1.54) is 4.31 Å². The molecule has 17 heavy (non-hydrogen) atoms. The fourth-order valence-corrected chi connectivity index (χ4v) is 4.28. The van der Waals surface area contributed by atoms with Crippen molar-refractivity contribution in [3.05, 3.63) is 0 Å². The highest BCUT2D eigenvalue weighted by Gasteiger charge is 2.36. The van der Waals surface area contributed by atoms with Gasteiger partial charge in [0.1, 0.15) is 0 Å². The van der Waals surface area contributed by atoms with Crippen LogP contribution >= 0.6 is 0 Å². The van der Waals surface area contributed by atoms with Crippen molar-refractivity contribution < 1.29 is 8.42 Å². The van der Waals surface area contributed by atoms with Crippen molar-refractivity contribution in [2.45, 2.75) is 39.7 Å². The molecule has 2 atom stereocenters. The topological polar surface area (TPSA) is 66.6 Å². The van der Waals surface area contributed by atoms with E-state index in [4.69, 9.17) is 5.73 Å². The third kappa shape index (κ3) is 3.19. The van der Waals surface area contributed by atoms with Gasteiger partial charge < -0.3 is 5.73 Å². The zero-order chi connectivity index (χ0) is 13.1. The van der Waals surface area contributed by atoms with Crippen molar-refractivity contribution in [2.24, 2.45) is 11.7 Å². The molecule has 102 valence electrons. The van der Waals surface area contributed by atoms with Crippen molar-refractivity contribution in [2.75, 3.05) is 26.2 Å². The first-order valence-electron chi connectivity index (χ1n) is 6.44. The van der Waals surface area contributed by atoms with Crippen molar-refractivity contribution in [3.63, 3.8) is 0 Å². The van der Waals surface area contributed by atoms with Gasteiger partial charge in [0.05, 0.1) is 0 Å². The highest BCUT2D eigenvalue weighted by molar-refractivity contribution is 7.86. The average Bonchev–Trinajstić information content (AvgIpc) is 2.29. The monoisotopic (exact) mass is 263 g/mol. The van der Waals surface area contributed by atoms with Crippen LogP contribution in [0, 0.1) is 5.92 Å². The highest BCUT2D eigenvalue weighted by Crippen LogP contribution is 2.25. The first-order chi connectivity index (χ1) is 7.97. The fourth-order valence-electron chi connectivity index (χ4n) is 2.45. The van der Waals surface area contributed by atoms with Crippen LogP contribution in [0.3, 0.4) is 0 Å². The Hall–Kier alpha value is -0.170. The summed E-state index contributed by atoms with van der Waals surface area (Å²) < 4.78 is 27.9. The lowest BCUT2D eigenvalue weighted by molar-refractivity contribution is 0.198. The van der Waals surface area contributed by atoms with Gasteiger partial charge in [0.15, 0.2) is 0 Å². The average molecular weight is 263 g/mol. The van der Waals surface area contributed by atoms with E-state index in [-0.39, 0.29) is 6.04 Å². The maximum Gasteiger partial charge on any atom is 0.282 e. The minimum absolute atomic E-state index is 0.0376. The Morgan fingerprint density at radius 2 is 1.94 bits per heavy atom. The summed E-state index contributed by atoms with van der Waals surface area (Å²) in [6.45, 7) is 7.93. The fraction of sp³-hybridized carbons (Fsp3) is 1.00. The molecule has 1 heterocycles. The molecule has 6 heteroatoms. The summed E-state index contributed by atoms with van der Waals surface area (Å²) >= 11 is 0. The van der Waals surface area contributed by atoms with Gasteiger partial charge in [0, 0.05) is 32.2 Å². The molecular weight excluding hydrogens is 238 g/mol. The van der Waals surface area contributed by atoms with Crippen LogP contribution in [0.25, 0.3) is 0 Å². The molecule has 1 fully saturated rings. The minimum atomic E-state index is -3.32. The molecular formula is C11H25N3O2S. The second kappa shape index (κ2) is 6.13. The van der Waals surface area contributed by atoms with E-state index >= 15 is 0 Å². The normalized spacial score (nSPS) is 27.6. The van der Waals surface area contributed by atoms with Crippen LogP contribution in [0.5, 0.6) is 0 Å².